The van der Waals surface area contributed by atoms with Gasteiger partial charge >= 0.3 is 0 Å². The highest BCUT2D eigenvalue weighted by molar-refractivity contribution is 5.78. The first-order valence-electron chi connectivity index (χ1n) is 5.38. The number of hydrogen-bond acceptors (Lipinski definition) is 4. The molecule has 6 nitrogen and oxygen atoms in total. The molecule has 0 bridgehead atoms. The topological polar surface area (TPSA) is 84.3 Å². The molecule has 0 radical (unpaired) electrons. The average molecular weight is 235 g/mol. The lowest BCUT2D eigenvalue weighted by atomic mass is 10.0. The Labute approximate surface area is 98.2 Å². The third-order valence-electron chi connectivity index (χ3n) is 2.70. The van der Waals surface area contributed by atoms with Gasteiger partial charge in [0.2, 0.25) is 5.91 Å². The van der Waals surface area contributed by atoms with Gasteiger partial charge in [-0.1, -0.05) is 12.1 Å². The van der Waals surface area contributed by atoms with Crippen molar-refractivity contribution in [3.05, 3.63) is 39.9 Å². The quantitative estimate of drug-likeness (QED) is 0.580. The van der Waals surface area contributed by atoms with Crippen LogP contribution in [0.25, 0.3) is 0 Å². The molecule has 0 aromatic heterocycles. The van der Waals surface area contributed by atoms with Gasteiger partial charge in [0.1, 0.15) is 0 Å². The van der Waals surface area contributed by atoms with Crippen LogP contribution in [0.3, 0.4) is 0 Å². The number of non-ortho nitro benzene ring substituents is 1. The van der Waals surface area contributed by atoms with Gasteiger partial charge in [-0.3, -0.25) is 14.9 Å². The largest absolute Gasteiger partial charge is 0.353 e. The molecule has 2 N–H and O–H groups in total. The van der Waals surface area contributed by atoms with Crippen molar-refractivity contribution in [1.29, 1.82) is 0 Å². The molecule has 17 heavy (non-hydrogen) atoms. The lowest BCUT2D eigenvalue weighted by Crippen LogP contribution is -2.52. The van der Waals surface area contributed by atoms with Crippen LogP contribution in [0.2, 0.25) is 0 Å². The summed E-state index contributed by atoms with van der Waals surface area (Å²) in [7, 11) is 0. The minimum absolute atomic E-state index is 0.0136. The summed E-state index contributed by atoms with van der Waals surface area (Å²) in [5.41, 5.74) is 0.996. The second kappa shape index (κ2) is 4.92. The molecule has 1 aromatic rings. The van der Waals surface area contributed by atoms with Gasteiger partial charge in [0.05, 0.1) is 11.5 Å². The molecule has 1 atom stereocenters. The van der Waals surface area contributed by atoms with Crippen LogP contribution < -0.4 is 10.6 Å². The zero-order chi connectivity index (χ0) is 12.3. The number of rotatable bonds is 3. The molecule has 6 heteroatoms. The van der Waals surface area contributed by atoms with E-state index in [4.69, 9.17) is 0 Å². The third kappa shape index (κ3) is 3.01. The van der Waals surface area contributed by atoms with Crippen LogP contribution in [0.15, 0.2) is 24.3 Å². The summed E-state index contributed by atoms with van der Waals surface area (Å²) in [6, 6.07) is 6.70. The zero-order valence-electron chi connectivity index (χ0n) is 9.18. The molecule has 2 rings (SSSR count). The number of carbonyl (C=O) groups excluding carboxylic acids is 1. The highest BCUT2D eigenvalue weighted by Gasteiger charge is 2.17. The van der Waals surface area contributed by atoms with E-state index in [1.54, 1.807) is 12.1 Å². The summed E-state index contributed by atoms with van der Waals surface area (Å²) in [5.74, 6) is -0.0136. The standard InChI is InChI=1S/C11H13N3O3/c15-11-7-12-9(6-13-11)4-8-2-1-3-10(5-8)14(16)17/h1-3,5,9,12H,4,6-7H2,(H,13,15). The molecule has 1 saturated heterocycles. The van der Waals surface area contributed by atoms with Crippen LogP contribution in [0.4, 0.5) is 5.69 Å². The molecule has 1 amide bonds. The number of amides is 1. The fraction of sp³-hybridized carbons (Fsp3) is 0.364. The summed E-state index contributed by atoms with van der Waals surface area (Å²) in [6.07, 6.45) is 0.669. The maximum Gasteiger partial charge on any atom is 0.269 e. The lowest BCUT2D eigenvalue weighted by Gasteiger charge is -2.23. The predicted molar refractivity (Wildman–Crippen MR) is 61.6 cm³/mol. The first-order chi connectivity index (χ1) is 8.15. The van der Waals surface area contributed by atoms with Gasteiger partial charge in [-0.25, -0.2) is 0 Å². The Morgan fingerprint density at radius 1 is 1.47 bits per heavy atom. The number of nitro benzene ring substituents is 1. The summed E-state index contributed by atoms with van der Waals surface area (Å²) in [4.78, 5) is 21.2. The van der Waals surface area contributed by atoms with Gasteiger partial charge in [0, 0.05) is 24.7 Å². The van der Waals surface area contributed by atoms with Crippen molar-refractivity contribution in [3.8, 4) is 0 Å². The van der Waals surface area contributed by atoms with E-state index in [-0.39, 0.29) is 17.6 Å². The van der Waals surface area contributed by atoms with Gasteiger partial charge < -0.3 is 10.6 Å². The smallest absolute Gasteiger partial charge is 0.269 e. The Kier molecular flexibility index (Phi) is 3.34. The Morgan fingerprint density at radius 2 is 2.29 bits per heavy atom. The minimum Gasteiger partial charge on any atom is -0.353 e. The number of nitro groups is 1. The van der Waals surface area contributed by atoms with E-state index in [9.17, 15) is 14.9 Å². The Balaban J connectivity index is 2.01. The number of nitrogens with one attached hydrogen (secondary N) is 2. The Morgan fingerprint density at radius 3 is 2.94 bits per heavy atom. The highest BCUT2D eigenvalue weighted by Crippen LogP contribution is 2.14. The number of hydrogen-bond donors (Lipinski definition) is 2. The molecule has 1 fully saturated rings. The predicted octanol–water partition coefficient (Wildman–Crippen LogP) is 0.225. The van der Waals surface area contributed by atoms with E-state index in [0.717, 1.165) is 5.56 Å². The number of benzene rings is 1. The molecule has 1 heterocycles. The molecule has 1 unspecified atom stereocenters. The highest BCUT2D eigenvalue weighted by atomic mass is 16.6. The second-order valence-corrected chi connectivity index (χ2v) is 4.01. The van der Waals surface area contributed by atoms with Gasteiger partial charge in [0.15, 0.2) is 0 Å². The van der Waals surface area contributed by atoms with Crippen molar-refractivity contribution in [2.75, 3.05) is 13.1 Å². The van der Waals surface area contributed by atoms with E-state index >= 15 is 0 Å². The number of nitrogens with zero attached hydrogens (tertiary/aromatic N) is 1. The van der Waals surface area contributed by atoms with E-state index in [1.165, 1.54) is 6.07 Å². The van der Waals surface area contributed by atoms with Crippen LogP contribution in [0.5, 0.6) is 0 Å². The molecule has 1 aromatic carbocycles. The van der Waals surface area contributed by atoms with Gasteiger partial charge in [0.25, 0.3) is 5.69 Å². The van der Waals surface area contributed by atoms with Gasteiger partial charge in [-0.2, -0.15) is 0 Å². The van der Waals surface area contributed by atoms with Crippen LogP contribution in [-0.2, 0) is 11.2 Å². The van der Waals surface area contributed by atoms with Gasteiger partial charge in [-0.05, 0) is 12.0 Å². The van der Waals surface area contributed by atoms with Crippen LogP contribution in [-0.4, -0.2) is 30.0 Å². The molecular formula is C11H13N3O3. The Hall–Kier alpha value is -1.95. The average Bonchev–Trinajstić information content (AvgIpc) is 2.32. The summed E-state index contributed by atoms with van der Waals surface area (Å²) in [6.45, 7) is 0.862. The fourth-order valence-electron chi connectivity index (χ4n) is 1.83. The van der Waals surface area contributed by atoms with Crippen molar-refractivity contribution < 1.29 is 9.72 Å². The van der Waals surface area contributed by atoms with Crippen LogP contribution in [0, 0.1) is 10.1 Å². The summed E-state index contributed by atoms with van der Waals surface area (Å²) < 4.78 is 0. The van der Waals surface area contributed by atoms with E-state index in [1.807, 2.05) is 6.07 Å². The SMILES string of the molecule is O=C1CNC(Cc2cccc([N+](=O)[O-])c2)CN1. The van der Waals surface area contributed by atoms with E-state index in [0.29, 0.717) is 19.5 Å². The number of piperazine rings is 1. The van der Waals surface area contributed by atoms with Crippen molar-refractivity contribution >= 4 is 11.6 Å². The monoisotopic (exact) mass is 235 g/mol. The Bertz CT molecular complexity index is 437. The molecule has 0 spiro atoms. The molecular weight excluding hydrogens is 222 g/mol. The molecule has 90 valence electrons. The van der Waals surface area contributed by atoms with Crippen molar-refractivity contribution in [2.24, 2.45) is 0 Å². The minimum atomic E-state index is -0.403. The maximum absolute atomic E-state index is 10.9. The first kappa shape index (κ1) is 11.5. The summed E-state index contributed by atoms with van der Waals surface area (Å²) >= 11 is 0. The first-order valence-corrected chi connectivity index (χ1v) is 5.38. The number of carbonyl (C=O) groups is 1. The van der Waals surface area contributed by atoms with Crippen LogP contribution >= 0.6 is 0 Å². The molecule has 1 aliphatic rings. The van der Waals surface area contributed by atoms with Crippen molar-refractivity contribution in [2.45, 2.75) is 12.5 Å². The maximum atomic E-state index is 10.9. The molecule has 1 aliphatic heterocycles. The lowest BCUT2D eigenvalue weighted by molar-refractivity contribution is -0.384. The molecule has 0 saturated carbocycles. The second-order valence-electron chi connectivity index (χ2n) is 4.01. The van der Waals surface area contributed by atoms with Crippen molar-refractivity contribution in [3.63, 3.8) is 0 Å². The zero-order valence-corrected chi connectivity index (χ0v) is 9.18. The third-order valence-corrected chi connectivity index (χ3v) is 2.70. The van der Waals surface area contributed by atoms with E-state index in [2.05, 4.69) is 10.6 Å². The van der Waals surface area contributed by atoms with E-state index < -0.39 is 4.92 Å². The molecule has 0 aliphatic carbocycles. The normalized spacial score (nSPS) is 19.8. The summed E-state index contributed by atoms with van der Waals surface area (Å²) in [5, 5.41) is 16.5. The van der Waals surface area contributed by atoms with Crippen LogP contribution in [0.1, 0.15) is 5.56 Å². The van der Waals surface area contributed by atoms with Crippen molar-refractivity contribution in [1.82, 2.24) is 10.6 Å². The fourth-order valence-corrected chi connectivity index (χ4v) is 1.83. The van der Waals surface area contributed by atoms with Gasteiger partial charge in [-0.15, -0.1) is 0 Å².